The van der Waals surface area contributed by atoms with Crippen molar-refractivity contribution in [2.45, 2.75) is 33.2 Å². The van der Waals surface area contributed by atoms with Crippen LogP contribution in [0.15, 0.2) is 12.1 Å². The molecule has 0 radical (unpaired) electrons. The summed E-state index contributed by atoms with van der Waals surface area (Å²) in [6.45, 7) is 7.21. The van der Waals surface area contributed by atoms with Gasteiger partial charge in [0.25, 0.3) is 0 Å². The van der Waals surface area contributed by atoms with Crippen LogP contribution in [-0.4, -0.2) is 18.6 Å². The Hall–Kier alpha value is -1.55. The van der Waals surface area contributed by atoms with E-state index >= 15 is 0 Å². The molecule has 0 aliphatic heterocycles. The third kappa shape index (κ3) is 2.97. The van der Waals surface area contributed by atoms with Gasteiger partial charge in [-0.05, 0) is 39.3 Å². The summed E-state index contributed by atoms with van der Waals surface area (Å²) < 4.78 is 5.30. The van der Waals surface area contributed by atoms with Crippen LogP contribution in [0.25, 0.3) is 0 Å². The molecule has 0 saturated carbocycles. The van der Waals surface area contributed by atoms with E-state index < -0.39 is 5.54 Å². The molecular weight excluding hydrogens is 216 g/mol. The van der Waals surface area contributed by atoms with Crippen LogP contribution in [0.5, 0.6) is 5.75 Å². The number of hydrogen-bond acceptors (Lipinski definition) is 3. The molecule has 0 aromatic heterocycles. The molecule has 17 heavy (non-hydrogen) atoms. The maximum absolute atomic E-state index is 11.8. The fourth-order valence-corrected chi connectivity index (χ4v) is 1.56. The molecule has 1 amide bonds. The fraction of sp³-hybridized carbons (Fsp3) is 0.462. The third-order valence-electron chi connectivity index (χ3n) is 2.64. The minimum Gasteiger partial charge on any atom is -0.496 e. The highest BCUT2D eigenvalue weighted by Gasteiger charge is 2.22. The largest absolute Gasteiger partial charge is 0.496 e. The Balaban J connectivity index is 3.05. The molecule has 1 aromatic carbocycles. The quantitative estimate of drug-likeness (QED) is 0.843. The lowest BCUT2D eigenvalue weighted by molar-refractivity contribution is -0.120. The third-order valence-corrected chi connectivity index (χ3v) is 2.64. The summed E-state index contributed by atoms with van der Waals surface area (Å²) in [4.78, 5) is 11.8. The van der Waals surface area contributed by atoms with Crippen LogP contribution in [0.1, 0.15) is 25.0 Å². The molecule has 0 bridgehead atoms. The Kier molecular flexibility index (Phi) is 3.78. The zero-order valence-electron chi connectivity index (χ0n) is 11.0. The molecule has 3 N–H and O–H groups in total. The fourth-order valence-electron chi connectivity index (χ4n) is 1.56. The summed E-state index contributed by atoms with van der Waals surface area (Å²) >= 11 is 0. The molecule has 0 aliphatic carbocycles. The number of rotatable bonds is 3. The standard InChI is InChI=1S/C13H20N2O2/c1-8-6-7-10(9(2)11(8)17-5)15-12(16)13(3,4)14/h6-7H,14H2,1-5H3,(H,15,16). The molecule has 1 aromatic rings. The average Bonchev–Trinajstić information content (AvgIpc) is 2.21. The number of amides is 1. The Bertz CT molecular complexity index is 434. The van der Waals surface area contributed by atoms with Crippen LogP contribution < -0.4 is 15.8 Å². The normalized spacial score (nSPS) is 11.2. The van der Waals surface area contributed by atoms with Gasteiger partial charge in [-0.15, -0.1) is 0 Å². The van der Waals surface area contributed by atoms with Crippen molar-refractivity contribution < 1.29 is 9.53 Å². The molecule has 4 heteroatoms. The summed E-state index contributed by atoms with van der Waals surface area (Å²) in [5.74, 6) is 0.573. The number of anilines is 1. The van der Waals surface area contributed by atoms with Gasteiger partial charge in [-0.25, -0.2) is 0 Å². The molecule has 4 nitrogen and oxygen atoms in total. The lowest BCUT2D eigenvalue weighted by Crippen LogP contribution is -2.45. The van der Waals surface area contributed by atoms with Crippen molar-refractivity contribution in [3.63, 3.8) is 0 Å². The van der Waals surface area contributed by atoms with Crippen molar-refractivity contribution in [1.29, 1.82) is 0 Å². The molecule has 0 unspecified atom stereocenters. The molecule has 0 spiro atoms. The van der Waals surface area contributed by atoms with Crippen LogP contribution in [0, 0.1) is 13.8 Å². The van der Waals surface area contributed by atoms with Gasteiger partial charge in [0.05, 0.1) is 12.6 Å². The number of aryl methyl sites for hydroxylation is 1. The van der Waals surface area contributed by atoms with Gasteiger partial charge in [0.15, 0.2) is 0 Å². The monoisotopic (exact) mass is 236 g/mol. The Morgan fingerprint density at radius 1 is 1.35 bits per heavy atom. The predicted molar refractivity (Wildman–Crippen MR) is 69.4 cm³/mol. The van der Waals surface area contributed by atoms with Crippen molar-refractivity contribution in [2.75, 3.05) is 12.4 Å². The lowest BCUT2D eigenvalue weighted by atomic mass is 10.0. The Labute approximate surface area is 102 Å². The first kappa shape index (κ1) is 13.5. The SMILES string of the molecule is COc1c(C)ccc(NC(=O)C(C)(C)N)c1C. The van der Waals surface area contributed by atoms with Gasteiger partial charge in [0.1, 0.15) is 5.75 Å². The highest BCUT2D eigenvalue weighted by molar-refractivity contribution is 5.98. The van der Waals surface area contributed by atoms with E-state index in [9.17, 15) is 4.79 Å². The number of benzene rings is 1. The van der Waals surface area contributed by atoms with Gasteiger partial charge >= 0.3 is 0 Å². The van der Waals surface area contributed by atoms with E-state index in [2.05, 4.69) is 5.32 Å². The first-order chi connectivity index (χ1) is 7.77. The van der Waals surface area contributed by atoms with E-state index in [1.165, 1.54) is 0 Å². The number of hydrogen-bond donors (Lipinski definition) is 2. The van der Waals surface area contributed by atoms with Gasteiger partial charge in [0.2, 0.25) is 5.91 Å². The van der Waals surface area contributed by atoms with E-state index in [-0.39, 0.29) is 5.91 Å². The van der Waals surface area contributed by atoms with Crippen molar-refractivity contribution >= 4 is 11.6 Å². The van der Waals surface area contributed by atoms with Crippen molar-refractivity contribution in [1.82, 2.24) is 0 Å². The molecule has 1 rings (SSSR count). The number of carbonyl (C=O) groups excluding carboxylic acids is 1. The summed E-state index contributed by atoms with van der Waals surface area (Å²) in [5.41, 5.74) is 7.51. The van der Waals surface area contributed by atoms with Gasteiger partial charge in [-0.2, -0.15) is 0 Å². The van der Waals surface area contributed by atoms with E-state index in [0.29, 0.717) is 0 Å². The van der Waals surface area contributed by atoms with Crippen molar-refractivity contribution in [3.05, 3.63) is 23.3 Å². The second-order valence-electron chi connectivity index (χ2n) is 4.76. The average molecular weight is 236 g/mol. The van der Waals surface area contributed by atoms with Crippen molar-refractivity contribution in [2.24, 2.45) is 5.73 Å². The zero-order valence-corrected chi connectivity index (χ0v) is 11.0. The van der Waals surface area contributed by atoms with E-state index in [1.54, 1.807) is 21.0 Å². The molecule has 0 aliphatic rings. The van der Waals surface area contributed by atoms with Gasteiger partial charge in [0, 0.05) is 11.3 Å². The highest BCUT2D eigenvalue weighted by atomic mass is 16.5. The van der Waals surface area contributed by atoms with Crippen LogP contribution >= 0.6 is 0 Å². The lowest BCUT2D eigenvalue weighted by Gasteiger charge is -2.20. The summed E-state index contributed by atoms with van der Waals surface area (Å²) in [6.07, 6.45) is 0. The Morgan fingerprint density at radius 3 is 2.41 bits per heavy atom. The van der Waals surface area contributed by atoms with Crippen LogP contribution in [0.4, 0.5) is 5.69 Å². The summed E-state index contributed by atoms with van der Waals surface area (Å²) in [7, 11) is 1.62. The number of nitrogens with one attached hydrogen (secondary N) is 1. The molecule has 0 atom stereocenters. The van der Waals surface area contributed by atoms with Gasteiger partial charge in [-0.3, -0.25) is 4.79 Å². The summed E-state index contributed by atoms with van der Waals surface area (Å²) in [6, 6.07) is 3.77. The van der Waals surface area contributed by atoms with Crippen LogP contribution in [0.3, 0.4) is 0 Å². The van der Waals surface area contributed by atoms with E-state index in [1.807, 2.05) is 26.0 Å². The summed E-state index contributed by atoms with van der Waals surface area (Å²) in [5, 5.41) is 2.81. The highest BCUT2D eigenvalue weighted by Crippen LogP contribution is 2.29. The zero-order chi connectivity index (χ0) is 13.2. The van der Waals surface area contributed by atoms with Crippen molar-refractivity contribution in [3.8, 4) is 5.75 Å². The maximum Gasteiger partial charge on any atom is 0.243 e. The first-order valence-corrected chi connectivity index (χ1v) is 5.52. The van der Waals surface area contributed by atoms with Gasteiger partial charge < -0.3 is 15.8 Å². The molecule has 0 fully saturated rings. The number of carbonyl (C=O) groups is 1. The van der Waals surface area contributed by atoms with Crippen LogP contribution in [0.2, 0.25) is 0 Å². The van der Waals surface area contributed by atoms with Crippen LogP contribution in [-0.2, 0) is 4.79 Å². The van der Waals surface area contributed by atoms with E-state index in [4.69, 9.17) is 10.5 Å². The van der Waals surface area contributed by atoms with E-state index in [0.717, 1.165) is 22.6 Å². The first-order valence-electron chi connectivity index (χ1n) is 5.52. The van der Waals surface area contributed by atoms with Gasteiger partial charge in [-0.1, -0.05) is 6.07 Å². The molecule has 0 saturated heterocycles. The second kappa shape index (κ2) is 4.75. The number of ether oxygens (including phenoxy) is 1. The second-order valence-corrected chi connectivity index (χ2v) is 4.76. The molecule has 0 heterocycles. The Morgan fingerprint density at radius 2 is 1.94 bits per heavy atom. The number of methoxy groups -OCH3 is 1. The predicted octanol–water partition coefficient (Wildman–Crippen LogP) is 1.99. The minimum atomic E-state index is -0.898. The maximum atomic E-state index is 11.8. The molecule has 94 valence electrons. The molecular formula is C13H20N2O2. The smallest absolute Gasteiger partial charge is 0.243 e. The number of nitrogens with two attached hydrogens (primary N) is 1. The minimum absolute atomic E-state index is 0.216. The topological polar surface area (TPSA) is 64.3 Å².